The van der Waals surface area contributed by atoms with E-state index >= 15 is 0 Å². The molecule has 7 heteroatoms. The van der Waals surface area contributed by atoms with Crippen LogP contribution in [-0.4, -0.2) is 26.0 Å². The average Bonchev–Trinajstić information content (AvgIpc) is 2.53. The minimum atomic E-state index is -0.991. The summed E-state index contributed by atoms with van der Waals surface area (Å²) in [7, 11) is 0. The molecule has 0 aliphatic heterocycles. The third-order valence-corrected chi connectivity index (χ3v) is 3.06. The Bertz CT molecular complexity index is 1030. The van der Waals surface area contributed by atoms with Gasteiger partial charge in [0.05, 0.1) is 10.9 Å². The Morgan fingerprint density at radius 3 is 2.57 bits per heavy atom. The zero-order valence-electron chi connectivity index (χ0n) is 11.7. The highest BCUT2D eigenvalue weighted by atomic mass is 16.4. The molecule has 3 aromatic rings. The molecule has 0 atom stereocenters. The van der Waals surface area contributed by atoms with Crippen LogP contribution < -0.4 is 11.3 Å². The first-order valence-corrected chi connectivity index (χ1v) is 6.54. The van der Waals surface area contributed by atoms with E-state index < -0.39 is 5.97 Å². The summed E-state index contributed by atoms with van der Waals surface area (Å²) in [6.07, 6.45) is 1.49. The maximum atomic E-state index is 11.8. The number of pyridine rings is 1. The van der Waals surface area contributed by atoms with Gasteiger partial charge in [-0.3, -0.25) is 9.78 Å². The first-order valence-electron chi connectivity index (χ1n) is 6.54. The highest BCUT2D eigenvalue weighted by molar-refractivity contribution is 5.87. The van der Waals surface area contributed by atoms with Gasteiger partial charge in [0.1, 0.15) is 0 Å². The molecule has 0 fully saturated rings. The Kier molecular flexibility index (Phi) is 3.49. The van der Waals surface area contributed by atoms with Crippen LogP contribution in [0.25, 0.3) is 11.0 Å². The zero-order valence-corrected chi connectivity index (χ0v) is 11.7. The highest BCUT2D eigenvalue weighted by Crippen LogP contribution is 2.08. The molecule has 0 aliphatic carbocycles. The van der Waals surface area contributed by atoms with Crippen molar-refractivity contribution in [3.05, 3.63) is 63.6 Å². The van der Waals surface area contributed by atoms with E-state index in [1.807, 2.05) is 0 Å². The summed E-state index contributed by atoms with van der Waals surface area (Å²) >= 11 is 0. The van der Waals surface area contributed by atoms with Gasteiger partial charge in [-0.2, -0.15) is 4.98 Å². The summed E-state index contributed by atoms with van der Waals surface area (Å²) in [5.74, 6) is 4.77. The van der Waals surface area contributed by atoms with Crippen LogP contribution in [0.2, 0.25) is 0 Å². The molecule has 7 nitrogen and oxygen atoms in total. The van der Waals surface area contributed by atoms with Gasteiger partial charge in [0.15, 0.2) is 5.65 Å². The van der Waals surface area contributed by atoms with Crippen molar-refractivity contribution in [2.24, 2.45) is 0 Å². The van der Waals surface area contributed by atoms with Gasteiger partial charge < -0.3 is 10.8 Å². The molecule has 0 amide bonds. The summed E-state index contributed by atoms with van der Waals surface area (Å²) in [5, 5.41) is 9.14. The number of carboxylic acids is 1. The van der Waals surface area contributed by atoms with Gasteiger partial charge >= 0.3 is 5.97 Å². The Balaban J connectivity index is 1.96. The fraction of sp³-hybridized carbons (Fsp3) is 0. The molecule has 0 aliphatic rings. The number of hydrogen-bond donors (Lipinski definition) is 3. The Morgan fingerprint density at radius 1 is 1.17 bits per heavy atom. The van der Waals surface area contributed by atoms with Crippen LogP contribution in [-0.2, 0) is 0 Å². The van der Waals surface area contributed by atoms with Crippen molar-refractivity contribution in [3.8, 4) is 11.8 Å². The molecule has 0 unspecified atom stereocenters. The van der Waals surface area contributed by atoms with Crippen LogP contribution in [0, 0.1) is 11.8 Å². The van der Waals surface area contributed by atoms with Crippen LogP contribution in [0.4, 0.5) is 5.95 Å². The second-order valence-electron chi connectivity index (χ2n) is 4.68. The Hall–Kier alpha value is -3.66. The largest absolute Gasteiger partial charge is 0.478 e. The van der Waals surface area contributed by atoms with E-state index in [4.69, 9.17) is 10.8 Å². The van der Waals surface area contributed by atoms with E-state index in [-0.39, 0.29) is 22.7 Å². The minimum absolute atomic E-state index is 0.00681. The van der Waals surface area contributed by atoms with Crippen molar-refractivity contribution in [3.63, 3.8) is 0 Å². The van der Waals surface area contributed by atoms with Crippen molar-refractivity contribution in [1.29, 1.82) is 0 Å². The molecule has 1 aromatic carbocycles. The molecular weight excluding hydrogens is 296 g/mol. The van der Waals surface area contributed by atoms with Crippen LogP contribution >= 0.6 is 0 Å². The molecule has 0 bridgehead atoms. The summed E-state index contributed by atoms with van der Waals surface area (Å²) in [5.41, 5.74) is 6.71. The number of aromatic amines is 1. The van der Waals surface area contributed by atoms with Gasteiger partial charge in [-0.25, -0.2) is 9.78 Å². The van der Waals surface area contributed by atoms with Gasteiger partial charge in [-0.1, -0.05) is 11.8 Å². The number of carbonyl (C=O) groups is 1. The lowest BCUT2D eigenvalue weighted by Gasteiger charge is -1.98. The van der Waals surface area contributed by atoms with E-state index in [1.165, 1.54) is 18.3 Å². The molecule has 3 rings (SSSR count). The topological polar surface area (TPSA) is 122 Å². The fourth-order valence-corrected chi connectivity index (χ4v) is 1.95. The molecule has 112 valence electrons. The fourth-order valence-electron chi connectivity index (χ4n) is 1.95. The van der Waals surface area contributed by atoms with E-state index in [0.29, 0.717) is 16.5 Å². The number of rotatable bonds is 1. The van der Waals surface area contributed by atoms with Crippen LogP contribution in [0.3, 0.4) is 0 Å². The number of hydrogen-bond acceptors (Lipinski definition) is 5. The van der Waals surface area contributed by atoms with E-state index in [1.54, 1.807) is 18.2 Å². The van der Waals surface area contributed by atoms with Gasteiger partial charge in [0.2, 0.25) is 5.95 Å². The van der Waals surface area contributed by atoms with Crippen molar-refractivity contribution in [1.82, 2.24) is 15.0 Å². The average molecular weight is 306 g/mol. The number of nitrogens with two attached hydrogens (primary N) is 1. The summed E-state index contributed by atoms with van der Waals surface area (Å²) in [4.78, 5) is 33.0. The lowest BCUT2D eigenvalue weighted by molar-refractivity contribution is 0.0697. The molecular formula is C16H10N4O3. The normalized spacial score (nSPS) is 10.1. The van der Waals surface area contributed by atoms with E-state index in [0.717, 1.165) is 0 Å². The number of H-pyrrole nitrogens is 1. The number of aromatic carboxylic acids is 1. The van der Waals surface area contributed by atoms with Crippen molar-refractivity contribution in [2.75, 3.05) is 5.73 Å². The van der Waals surface area contributed by atoms with Gasteiger partial charge in [-0.15, -0.1) is 0 Å². The molecule has 0 saturated heterocycles. The molecule has 0 saturated carbocycles. The summed E-state index contributed by atoms with van der Waals surface area (Å²) in [6, 6.07) is 7.75. The SMILES string of the molecule is Nc1nc2ncc(C#Cc3ccc(C(=O)O)cc3)cc2c(=O)[nH]1. The predicted octanol–water partition coefficient (Wildman–Crippen LogP) is 0.998. The number of anilines is 1. The van der Waals surface area contributed by atoms with Crippen molar-refractivity contribution < 1.29 is 9.90 Å². The lowest BCUT2D eigenvalue weighted by Crippen LogP contribution is -2.12. The Morgan fingerprint density at radius 2 is 1.87 bits per heavy atom. The summed E-state index contributed by atoms with van der Waals surface area (Å²) < 4.78 is 0. The monoisotopic (exact) mass is 306 g/mol. The molecule has 2 aromatic heterocycles. The van der Waals surface area contributed by atoms with E-state index in [2.05, 4.69) is 26.8 Å². The second-order valence-corrected chi connectivity index (χ2v) is 4.68. The highest BCUT2D eigenvalue weighted by Gasteiger charge is 2.04. The number of aromatic nitrogens is 3. The number of fused-ring (bicyclic) bond motifs is 1. The number of carboxylic acid groups (broad SMARTS) is 1. The van der Waals surface area contributed by atoms with Gasteiger partial charge in [0, 0.05) is 17.3 Å². The van der Waals surface area contributed by atoms with Crippen LogP contribution in [0.15, 0.2) is 41.3 Å². The van der Waals surface area contributed by atoms with Crippen molar-refractivity contribution in [2.45, 2.75) is 0 Å². The maximum absolute atomic E-state index is 11.8. The lowest BCUT2D eigenvalue weighted by atomic mass is 10.1. The number of nitrogens with zero attached hydrogens (tertiary/aromatic N) is 2. The molecule has 4 N–H and O–H groups in total. The van der Waals surface area contributed by atoms with Crippen molar-refractivity contribution >= 4 is 23.0 Å². The standard InChI is InChI=1S/C16H10N4O3/c17-16-19-13-12(14(21)20-16)7-10(8-18-13)2-1-9-3-5-11(6-4-9)15(22)23/h3-8H,(H,22,23)(H3,17,18,19,20,21). The van der Waals surface area contributed by atoms with Gasteiger partial charge in [-0.05, 0) is 30.3 Å². The maximum Gasteiger partial charge on any atom is 0.335 e. The first-order chi connectivity index (χ1) is 11.0. The van der Waals surface area contributed by atoms with Crippen LogP contribution in [0.1, 0.15) is 21.5 Å². The zero-order chi connectivity index (χ0) is 16.4. The van der Waals surface area contributed by atoms with E-state index in [9.17, 15) is 9.59 Å². The number of benzene rings is 1. The molecule has 0 radical (unpaired) electrons. The van der Waals surface area contributed by atoms with Gasteiger partial charge in [0.25, 0.3) is 5.56 Å². The smallest absolute Gasteiger partial charge is 0.335 e. The number of nitrogen functional groups attached to an aromatic ring is 1. The molecule has 2 heterocycles. The number of nitrogens with one attached hydrogen (secondary N) is 1. The third kappa shape index (κ3) is 3.01. The quantitative estimate of drug-likeness (QED) is 0.576. The second kappa shape index (κ2) is 5.61. The predicted molar refractivity (Wildman–Crippen MR) is 84.0 cm³/mol. The third-order valence-electron chi connectivity index (χ3n) is 3.06. The minimum Gasteiger partial charge on any atom is -0.478 e. The summed E-state index contributed by atoms with van der Waals surface area (Å²) in [6.45, 7) is 0. The molecule has 23 heavy (non-hydrogen) atoms. The first kappa shape index (κ1) is 14.3. The molecule has 0 spiro atoms. The van der Waals surface area contributed by atoms with Crippen LogP contribution in [0.5, 0.6) is 0 Å². The Labute approximate surface area is 129 Å².